The van der Waals surface area contributed by atoms with Crippen LogP contribution in [0.2, 0.25) is 5.02 Å². The van der Waals surface area contributed by atoms with Gasteiger partial charge in [-0.15, -0.1) is 0 Å². The van der Waals surface area contributed by atoms with Crippen LogP contribution >= 0.6 is 11.6 Å². The van der Waals surface area contributed by atoms with Crippen LogP contribution in [0.3, 0.4) is 0 Å². The molecule has 3 rings (SSSR count). The largest absolute Gasteiger partial charge is 0.439 e. The zero-order valence-corrected chi connectivity index (χ0v) is 13.3. The van der Waals surface area contributed by atoms with Gasteiger partial charge in [-0.1, -0.05) is 29.8 Å². The topological polar surface area (TPSA) is 64.0 Å². The number of nitrogens with two attached hydrogens (primary N) is 1. The molecule has 0 spiro atoms. The lowest BCUT2D eigenvalue weighted by Crippen LogP contribution is -2.06. The molecule has 120 valence electrons. The Bertz CT molecular complexity index is 913. The van der Waals surface area contributed by atoms with Gasteiger partial charge in [0, 0.05) is 16.7 Å². The van der Waals surface area contributed by atoms with E-state index in [4.69, 9.17) is 22.1 Å². The number of rotatable bonds is 4. The number of nitrogen functional groups attached to an aromatic ring is 1. The summed E-state index contributed by atoms with van der Waals surface area (Å²) in [4.78, 5) is 0. The van der Waals surface area contributed by atoms with Crippen molar-refractivity contribution >= 4 is 17.3 Å². The normalized spacial score (nSPS) is 10.4. The van der Waals surface area contributed by atoms with Gasteiger partial charge in [0.2, 0.25) is 5.88 Å². The summed E-state index contributed by atoms with van der Waals surface area (Å²) in [5.41, 5.74) is 7.00. The lowest BCUT2D eigenvalue weighted by atomic mass is 10.2. The predicted molar refractivity (Wildman–Crippen MR) is 90.6 cm³/mol. The first-order valence-electron chi connectivity index (χ1n) is 7.14. The number of aromatic nitrogens is 1. The molecule has 6 heteroatoms. The minimum atomic E-state index is -0.355. The van der Waals surface area contributed by atoms with Crippen molar-refractivity contribution in [2.75, 3.05) is 5.73 Å². The van der Waals surface area contributed by atoms with E-state index in [1.165, 1.54) is 12.1 Å². The molecule has 0 aliphatic heterocycles. The van der Waals surface area contributed by atoms with Crippen molar-refractivity contribution in [3.8, 4) is 17.7 Å². The van der Waals surface area contributed by atoms with Crippen LogP contribution in [-0.2, 0) is 6.54 Å². The molecule has 4 nitrogen and oxygen atoms in total. The molecule has 24 heavy (non-hydrogen) atoms. The average Bonchev–Trinajstić information content (AvgIpc) is 2.87. The number of anilines is 1. The number of benzene rings is 2. The minimum absolute atomic E-state index is 0.135. The van der Waals surface area contributed by atoms with Crippen LogP contribution in [-0.4, -0.2) is 4.57 Å². The second-order valence-corrected chi connectivity index (χ2v) is 5.57. The summed E-state index contributed by atoms with van der Waals surface area (Å²) < 4.78 is 21.3. The van der Waals surface area contributed by atoms with Crippen molar-refractivity contribution in [2.45, 2.75) is 6.54 Å². The summed E-state index contributed by atoms with van der Waals surface area (Å²) in [6.45, 7) is 0.135. The Morgan fingerprint density at radius 3 is 2.54 bits per heavy atom. The van der Waals surface area contributed by atoms with Crippen LogP contribution in [0.5, 0.6) is 11.6 Å². The van der Waals surface area contributed by atoms with Crippen LogP contribution < -0.4 is 10.5 Å². The van der Waals surface area contributed by atoms with Gasteiger partial charge in [-0.25, -0.2) is 4.39 Å². The number of nitrogens with zero attached hydrogens (tertiary/aromatic N) is 2. The maximum atomic E-state index is 13.9. The molecule has 3 aromatic rings. The van der Waals surface area contributed by atoms with Gasteiger partial charge in [-0.2, -0.15) is 5.26 Å². The molecule has 0 atom stereocenters. The van der Waals surface area contributed by atoms with Gasteiger partial charge in [-0.05, 0) is 30.3 Å². The first-order valence-corrected chi connectivity index (χ1v) is 7.52. The second-order valence-electron chi connectivity index (χ2n) is 5.14. The molecule has 0 saturated heterocycles. The zero-order chi connectivity index (χ0) is 17.1. The van der Waals surface area contributed by atoms with Gasteiger partial charge in [-0.3, -0.25) is 4.57 Å². The van der Waals surface area contributed by atoms with E-state index in [2.05, 4.69) is 6.07 Å². The number of nitriles is 1. The highest BCUT2D eigenvalue weighted by molar-refractivity contribution is 6.30. The van der Waals surface area contributed by atoms with Crippen LogP contribution in [0.15, 0.2) is 54.6 Å². The van der Waals surface area contributed by atoms with Crippen LogP contribution in [0.1, 0.15) is 11.3 Å². The predicted octanol–water partition coefficient (Wildman–Crippen LogP) is 4.58. The number of ether oxygens (including phenoxy) is 1. The van der Waals surface area contributed by atoms with E-state index >= 15 is 0 Å². The maximum absolute atomic E-state index is 13.9. The van der Waals surface area contributed by atoms with E-state index in [1.807, 2.05) is 0 Å². The number of halogens is 2. The monoisotopic (exact) mass is 341 g/mol. The number of hydrogen-bond acceptors (Lipinski definition) is 3. The van der Waals surface area contributed by atoms with E-state index in [-0.39, 0.29) is 18.2 Å². The SMILES string of the molecule is N#Cc1cc(N)c(Oc2ccc(Cl)cc2)n1Cc1ccccc1F. The van der Waals surface area contributed by atoms with Crippen molar-refractivity contribution in [1.29, 1.82) is 5.26 Å². The molecule has 0 radical (unpaired) electrons. The molecule has 2 N–H and O–H groups in total. The Balaban J connectivity index is 2.00. The fraction of sp³-hybridized carbons (Fsp3) is 0.0556. The summed E-state index contributed by atoms with van der Waals surface area (Å²) in [7, 11) is 0. The molecule has 0 bridgehead atoms. The summed E-state index contributed by atoms with van der Waals surface area (Å²) in [6, 6.07) is 16.7. The highest BCUT2D eigenvalue weighted by Gasteiger charge is 2.17. The average molecular weight is 342 g/mol. The quantitative estimate of drug-likeness (QED) is 0.755. The molecule has 0 aliphatic carbocycles. The van der Waals surface area contributed by atoms with E-state index in [9.17, 15) is 9.65 Å². The maximum Gasteiger partial charge on any atom is 0.224 e. The standard InChI is InChI=1S/C18H13ClFN3O/c19-13-5-7-15(8-6-13)24-18-17(22)9-14(10-21)23(18)11-12-3-1-2-4-16(12)20/h1-9H,11,22H2. The minimum Gasteiger partial charge on any atom is -0.439 e. The third-order valence-electron chi connectivity index (χ3n) is 3.50. The van der Waals surface area contributed by atoms with E-state index in [0.717, 1.165) is 0 Å². The fourth-order valence-electron chi connectivity index (χ4n) is 2.33. The van der Waals surface area contributed by atoms with Gasteiger partial charge < -0.3 is 10.5 Å². The fourth-order valence-corrected chi connectivity index (χ4v) is 2.45. The van der Waals surface area contributed by atoms with E-state index in [0.29, 0.717) is 27.7 Å². The summed E-state index contributed by atoms with van der Waals surface area (Å²) in [5.74, 6) is 0.451. The van der Waals surface area contributed by atoms with Crippen molar-refractivity contribution in [1.82, 2.24) is 4.57 Å². The van der Waals surface area contributed by atoms with Gasteiger partial charge in [0.05, 0.1) is 12.2 Å². The van der Waals surface area contributed by atoms with E-state index < -0.39 is 0 Å². The lowest BCUT2D eigenvalue weighted by Gasteiger charge is -2.13. The highest BCUT2D eigenvalue weighted by Crippen LogP contribution is 2.32. The summed E-state index contributed by atoms with van der Waals surface area (Å²) in [5, 5.41) is 9.89. The van der Waals surface area contributed by atoms with Gasteiger partial charge in [0.15, 0.2) is 0 Å². The smallest absolute Gasteiger partial charge is 0.224 e. The van der Waals surface area contributed by atoms with Crippen LogP contribution in [0.25, 0.3) is 0 Å². The molecule has 0 aliphatic rings. The Morgan fingerprint density at radius 2 is 1.88 bits per heavy atom. The van der Waals surface area contributed by atoms with Crippen LogP contribution in [0.4, 0.5) is 10.1 Å². The molecular weight excluding hydrogens is 329 g/mol. The molecule has 0 fully saturated rings. The summed E-state index contributed by atoms with van der Waals surface area (Å²) in [6.07, 6.45) is 0. The third-order valence-corrected chi connectivity index (χ3v) is 3.76. The lowest BCUT2D eigenvalue weighted by molar-refractivity contribution is 0.435. The van der Waals surface area contributed by atoms with Crippen LogP contribution in [0, 0.1) is 17.1 Å². The highest BCUT2D eigenvalue weighted by atomic mass is 35.5. The Morgan fingerprint density at radius 1 is 1.17 bits per heavy atom. The third kappa shape index (κ3) is 3.19. The first kappa shape index (κ1) is 15.9. The first-order chi connectivity index (χ1) is 11.6. The molecule has 1 aromatic heterocycles. The zero-order valence-electron chi connectivity index (χ0n) is 12.5. The van der Waals surface area contributed by atoms with Crippen molar-refractivity contribution < 1.29 is 9.13 Å². The van der Waals surface area contributed by atoms with Crippen molar-refractivity contribution in [3.05, 3.63) is 76.7 Å². The summed E-state index contributed by atoms with van der Waals surface area (Å²) >= 11 is 5.86. The molecule has 2 aromatic carbocycles. The Hall–Kier alpha value is -2.97. The Labute approximate surface area is 143 Å². The number of hydrogen-bond donors (Lipinski definition) is 1. The van der Waals surface area contributed by atoms with Gasteiger partial charge >= 0.3 is 0 Å². The molecule has 1 heterocycles. The Kier molecular flexibility index (Phi) is 4.41. The van der Waals surface area contributed by atoms with E-state index in [1.54, 1.807) is 47.0 Å². The molecule has 0 saturated carbocycles. The molecular formula is C18H13ClFN3O. The van der Waals surface area contributed by atoms with Gasteiger partial charge in [0.1, 0.15) is 23.3 Å². The molecule has 0 unspecified atom stereocenters. The van der Waals surface area contributed by atoms with Crippen molar-refractivity contribution in [3.63, 3.8) is 0 Å². The van der Waals surface area contributed by atoms with Crippen molar-refractivity contribution in [2.24, 2.45) is 0 Å². The molecule has 0 amide bonds. The second kappa shape index (κ2) is 6.65. The van der Waals surface area contributed by atoms with Gasteiger partial charge in [0.25, 0.3) is 0 Å².